The van der Waals surface area contributed by atoms with Crippen molar-refractivity contribution in [1.82, 2.24) is 25.1 Å². The lowest BCUT2D eigenvalue weighted by Gasteiger charge is -2.29. The van der Waals surface area contributed by atoms with Crippen LogP contribution in [0.25, 0.3) is 22.5 Å². The molecule has 1 aliphatic carbocycles. The van der Waals surface area contributed by atoms with Crippen molar-refractivity contribution in [3.8, 4) is 22.5 Å². The number of benzene rings is 3. The number of hydrogen-bond donors (Lipinski definition) is 4. The van der Waals surface area contributed by atoms with E-state index >= 15 is 0 Å². The Hall–Kier alpha value is -5.32. The summed E-state index contributed by atoms with van der Waals surface area (Å²) in [7, 11) is -3.73. The second kappa shape index (κ2) is 17.9. The van der Waals surface area contributed by atoms with Crippen molar-refractivity contribution in [3.05, 3.63) is 88.4 Å². The van der Waals surface area contributed by atoms with E-state index in [2.05, 4.69) is 30.6 Å². The second-order valence-electron chi connectivity index (χ2n) is 15.6. The maximum Gasteiger partial charge on any atom is 0.439 e. The first-order valence-corrected chi connectivity index (χ1v) is 20.6. The Morgan fingerprint density at radius 2 is 1.68 bits per heavy atom. The summed E-state index contributed by atoms with van der Waals surface area (Å²) < 4.78 is 43.8. The van der Waals surface area contributed by atoms with Crippen LogP contribution >= 0.6 is 0 Å². The number of ether oxygens (including phenoxy) is 2. The number of morpholine rings is 1. The Labute approximate surface area is 331 Å². The smallest absolute Gasteiger partial charge is 0.439 e. The zero-order valence-electron chi connectivity index (χ0n) is 32.6. The number of amides is 3. The van der Waals surface area contributed by atoms with E-state index in [0.29, 0.717) is 43.9 Å². The van der Waals surface area contributed by atoms with Gasteiger partial charge in [0.05, 0.1) is 18.1 Å². The maximum atomic E-state index is 14.0. The number of anilines is 1. The number of aryl methyl sites for hydroxylation is 1. The molecule has 4 N–H and O–H groups in total. The Morgan fingerprint density at radius 1 is 0.965 bits per heavy atom. The lowest BCUT2D eigenvalue weighted by atomic mass is 9.81. The van der Waals surface area contributed by atoms with Crippen molar-refractivity contribution < 1.29 is 36.8 Å². The molecule has 4 aromatic rings. The minimum atomic E-state index is -3.73. The van der Waals surface area contributed by atoms with Crippen molar-refractivity contribution in [2.24, 2.45) is 11.8 Å². The van der Waals surface area contributed by atoms with Gasteiger partial charge in [0.15, 0.2) is 5.82 Å². The summed E-state index contributed by atoms with van der Waals surface area (Å²) in [4.78, 5) is 54.0. The molecule has 6 rings (SSSR count). The Morgan fingerprint density at radius 3 is 2.35 bits per heavy atom. The number of carbonyl (C=O) groups excluding carboxylic acids is 3. The number of rotatable bonds is 12. The molecule has 2 fully saturated rings. The lowest BCUT2D eigenvalue weighted by molar-refractivity contribution is -0.130. The number of hydrogen-bond acceptors (Lipinski definition) is 10. The fourth-order valence-corrected chi connectivity index (χ4v) is 8.51. The molecular weight excluding hydrogens is 753 g/mol. The van der Waals surface area contributed by atoms with E-state index < -0.39 is 39.4 Å². The average molecular weight is 803 g/mol. The SMILES string of the molecule is Cc1ccc(S(=O)(=O)N2CCOCC2)cc1-c1cccc(C[C@H](NC(=O)C2CCC(CNC(=O)OC(C)(C)C)CC2)C(=O)Nc2ccc(-c3noc(=O)[nH]3)cc2)c1. The van der Waals surface area contributed by atoms with E-state index in [1.165, 1.54) is 4.31 Å². The molecular formula is C41H50N6O9S. The van der Waals surface area contributed by atoms with Crippen molar-refractivity contribution in [1.29, 1.82) is 0 Å². The molecule has 304 valence electrons. The zero-order valence-corrected chi connectivity index (χ0v) is 33.4. The third-order valence-corrected chi connectivity index (χ3v) is 12.0. The molecule has 0 bridgehead atoms. The van der Waals surface area contributed by atoms with Crippen LogP contribution in [0, 0.1) is 18.8 Å². The zero-order chi connectivity index (χ0) is 40.7. The van der Waals surface area contributed by atoms with Crippen molar-refractivity contribution in [2.75, 3.05) is 38.2 Å². The Balaban J connectivity index is 1.18. The number of aromatic nitrogens is 2. The average Bonchev–Trinajstić information content (AvgIpc) is 3.63. The monoisotopic (exact) mass is 802 g/mol. The lowest BCUT2D eigenvalue weighted by Crippen LogP contribution is -2.48. The fraction of sp³-hybridized carbons (Fsp3) is 0.439. The number of nitrogens with one attached hydrogen (secondary N) is 4. The summed E-state index contributed by atoms with van der Waals surface area (Å²) in [6, 6.07) is 18.3. The van der Waals surface area contributed by atoms with Crippen LogP contribution in [0.1, 0.15) is 57.6 Å². The van der Waals surface area contributed by atoms with Crippen LogP contribution in [0.3, 0.4) is 0 Å². The van der Waals surface area contributed by atoms with Gasteiger partial charge in [-0.2, -0.15) is 4.31 Å². The molecule has 3 amide bonds. The molecule has 0 spiro atoms. The van der Waals surface area contributed by atoms with Gasteiger partial charge < -0.3 is 25.4 Å². The molecule has 3 aromatic carbocycles. The highest BCUT2D eigenvalue weighted by molar-refractivity contribution is 7.89. The summed E-state index contributed by atoms with van der Waals surface area (Å²) in [5.41, 5.74) is 3.60. The predicted octanol–water partition coefficient (Wildman–Crippen LogP) is 5.02. The summed E-state index contributed by atoms with van der Waals surface area (Å²) in [5.74, 6) is -1.21. The topological polar surface area (TPSA) is 202 Å². The first-order chi connectivity index (χ1) is 27.1. The fourth-order valence-electron chi connectivity index (χ4n) is 7.07. The molecule has 2 heterocycles. The normalized spacial score (nSPS) is 18.3. The minimum Gasteiger partial charge on any atom is -0.444 e. The summed E-state index contributed by atoms with van der Waals surface area (Å²) in [5, 5.41) is 12.5. The van der Waals surface area contributed by atoms with Gasteiger partial charge in [-0.15, -0.1) is 0 Å². The molecule has 1 saturated carbocycles. The maximum absolute atomic E-state index is 14.0. The third-order valence-electron chi connectivity index (χ3n) is 10.1. The van der Waals surface area contributed by atoms with E-state index in [0.717, 1.165) is 35.1 Å². The summed E-state index contributed by atoms with van der Waals surface area (Å²) in [6.07, 6.45) is 2.36. The predicted molar refractivity (Wildman–Crippen MR) is 213 cm³/mol. The quantitative estimate of drug-likeness (QED) is 0.151. The van der Waals surface area contributed by atoms with Gasteiger partial charge in [-0.05, 0) is 118 Å². The number of carbonyl (C=O) groups is 3. The van der Waals surface area contributed by atoms with Crippen LogP contribution in [0.15, 0.2) is 80.9 Å². The molecule has 0 radical (unpaired) electrons. The third kappa shape index (κ3) is 11.0. The van der Waals surface area contributed by atoms with Crippen molar-refractivity contribution >= 4 is 33.6 Å². The van der Waals surface area contributed by atoms with Crippen molar-refractivity contribution in [3.63, 3.8) is 0 Å². The molecule has 1 aromatic heterocycles. The number of aromatic amines is 1. The summed E-state index contributed by atoms with van der Waals surface area (Å²) >= 11 is 0. The standard InChI is InChI=1S/C41H50N6O9S/c1-26-8-17-33(57(52,53)47-18-20-54-21-19-47)24-34(26)31-7-5-6-28(22-31)23-35(38(49)43-32-15-13-29(14-16-32)36-45-40(51)56-46-36)44-37(48)30-11-9-27(10-12-30)25-42-39(50)55-41(2,3)4/h5-8,13-17,22,24,27,30,35H,9-12,18-21,23,25H2,1-4H3,(H,42,50)(H,43,49)(H,44,48)(H,45,46,51)/t27?,30?,35-/m0/s1. The van der Waals surface area contributed by atoms with Gasteiger partial charge in [0.2, 0.25) is 21.8 Å². The highest BCUT2D eigenvalue weighted by Gasteiger charge is 2.31. The van der Waals surface area contributed by atoms with E-state index in [1.54, 1.807) is 42.5 Å². The van der Waals surface area contributed by atoms with Crippen LogP contribution in [0.4, 0.5) is 10.5 Å². The van der Waals surface area contributed by atoms with Crippen LogP contribution in [0.2, 0.25) is 0 Å². The van der Waals surface area contributed by atoms with Crippen LogP contribution in [-0.2, 0) is 35.5 Å². The highest BCUT2D eigenvalue weighted by atomic mass is 32.2. The van der Waals surface area contributed by atoms with Crippen molar-refractivity contribution in [2.45, 2.75) is 76.3 Å². The number of alkyl carbamates (subject to hydrolysis) is 1. The van der Waals surface area contributed by atoms with Gasteiger partial charge in [0, 0.05) is 43.2 Å². The molecule has 16 heteroatoms. The van der Waals surface area contributed by atoms with Gasteiger partial charge in [-0.3, -0.25) is 19.1 Å². The second-order valence-corrected chi connectivity index (χ2v) is 17.5. The molecule has 1 saturated heterocycles. The number of H-pyrrole nitrogens is 1. The molecule has 1 atom stereocenters. The first kappa shape index (κ1) is 41.3. The van der Waals surface area contributed by atoms with Gasteiger partial charge in [0.25, 0.3) is 0 Å². The van der Waals surface area contributed by atoms with E-state index in [9.17, 15) is 27.6 Å². The highest BCUT2D eigenvalue weighted by Crippen LogP contribution is 2.31. The molecule has 2 aliphatic rings. The van der Waals surface area contributed by atoms with Gasteiger partial charge in [0.1, 0.15) is 11.6 Å². The van der Waals surface area contributed by atoms with Gasteiger partial charge in [-0.25, -0.2) is 18.0 Å². The molecule has 15 nitrogen and oxygen atoms in total. The van der Waals surface area contributed by atoms with Gasteiger partial charge >= 0.3 is 11.8 Å². The number of nitrogens with zero attached hydrogens (tertiary/aromatic N) is 2. The Bertz CT molecular complexity index is 2220. The first-order valence-electron chi connectivity index (χ1n) is 19.2. The molecule has 1 aliphatic heterocycles. The van der Waals surface area contributed by atoms with Crippen LogP contribution < -0.4 is 21.7 Å². The van der Waals surface area contributed by atoms with E-state index in [-0.39, 0.29) is 48.0 Å². The molecule has 0 unspecified atom stereocenters. The molecule has 57 heavy (non-hydrogen) atoms. The van der Waals surface area contributed by atoms with Gasteiger partial charge in [-0.1, -0.05) is 35.5 Å². The van der Waals surface area contributed by atoms with Crippen LogP contribution in [0.5, 0.6) is 0 Å². The Kier molecular flexibility index (Phi) is 12.9. The van der Waals surface area contributed by atoms with E-state index in [4.69, 9.17) is 9.47 Å². The number of sulfonamides is 1. The summed E-state index contributed by atoms with van der Waals surface area (Å²) in [6.45, 7) is 9.06. The van der Waals surface area contributed by atoms with Crippen LogP contribution in [-0.4, -0.2) is 85.3 Å². The minimum absolute atomic E-state index is 0.156. The van der Waals surface area contributed by atoms with E-state index in [1.807, 2.05) is 52.0 Å². The largest absolute Gasteiger partial charge is 0.444 e.